The van der Waals surface area contributed by atoms with E-state index in [1.54, 1.807) is 6.20 Å². The predicted molar refractivity (Wildman–Crippen MR) is 64.0 cm³/mol. The Labute approximate surface area is 102 Å². The Morgan fingerprint density at radius 3 is 2.71 bits per heavy atom. The molecular formula is C12H20N2O3. The van der Waals surface area contributed by atoms with Gasteiger partial charge in [-0.25, -0.2) is 9.97 Å². The van der Waals surface area contributed by atoms with E-state index in [1.165, 1.54) is 0 Å². The van der Waals surface area contributed by atoms with Crippen LogP contribution in [0.5, 0.6) is 5.75 Å². The van der Waals surface area contributed by atoms with Gasteiger partial charge in [-0.05, 0) is 6.92 Å². The minimum Gasteiger partial charge on any atom is -0.488 e. The van der Waals surface area contributed by atoms with Gasteiger partial charge in [0.25, 0.3) is 0 Å². The number of aromatic nitrogens is 2. The fourth-order valence-electron chi connectivity index (χ4n) is 1.29. The zero-order valence-corrected chi connectivity index (χ0v) is 10.6. The van der Waals surface area contributed by atoms with Gasteiger partial charge in [-0.15, -0.1) is 0 Å². The second kappa shape index (κ2) is 7.19. The molecular weight excluding hydrogens is 220 g/mol. The van der Waals surface area contributed by atoms with Crippen LogP contribution in [0.1, 0.15) is 38.2 Å². The number of aliphatic hydroxyl groups is 1. The van der Waals surface area contributed by atoms with Crippen molar-refractivity contribution in [2.45, 2.75) is 33.3 Å². The Balaban J connectivity index is 2.65. The molecule has 0 spiro atoms. The first-order chi connectivity index (χ1) is 8.19. The van der Waals surface area contributed by atoms with Gasteiger partial charge in [0, 0.05) is 12.5 Å². The van der Waals surface area contributed by atoms with Crippen molar-refractivity contribution in [3.63, 3.8) is 0 Å². The molecule has 5 heteroatoms. The molecule has 1 aromatic rings. The normalized spacial score (nSPS) is 10.9. The molecule has 0 saturated heterocycles. The van der Waals surface area contributed by atoms with E-state index in [2.05, 4.69) is 9.97 Å². The summed E-state index contributed by atoms with van der Waals surface area (Å²) in [7, 11) is 0. The highest BCUT2D eigenvalue weighted by Gasteiger charge is 2.09. The number of hydrogen-bond donors (Lipinski definition) is 1. The topological polar surface area (TPSA) is 64.5 Å². The van der Waals surface area contributed by atoms with Gasteiger partial charge in [0.2, 0.25) is 0 Å². The van der Waals surface area contributed by atoms with Gasteiger partial charge < -0.3 is 14.6 Å². The summed E-state index contributed by atoms with van der Waals surface area (Å²) in [6.45, 7) is 7.42. The van der Waals surface area contributed by atoms with Crippen molar-refractivity contribution >= 4 is 0 Å². The monoisotopic (exact) mass is 240 g/mol. The highest BCUT2D eigenvalue weighted by Crippen LogP contribution is 2.18. The molecule has 0 unspecified atom stereocenters. The quantitative estimate of drug-likeness (QED) is 0.732. The molecule has 0 bridgehead atoms. The van der Waals surface area contributed by atoms with Crippen molar-refractivity contribution in [1.29, 1.82) is 0 Å². The minimum atomic E-state index is -0.147. The van der Waals surface area contributed by atoms with Crippen LogP contribution in [0.25, 0.3) is 0 Å². The highest BCUT2D eigenvalue weighted by atomic mass is 16.5. The third-order valence-electron chi connectivity index (χ3n) is 2.20. The van der Waals surface area contributed by atoms with Gasteiger partial charge in [0.15, 0.2) is 5.75 Å². The van der Waals surface area contributed by atoms with Crippen molar-refractivity contribution in [3.8, 4) is 5.75 Å². The maximum absolute atomic E-state index is 9.23. The van der Waals surface area contributed by atoms with Gasteiger partial charge >= 0.3 is 0 Å². The van der Waals surface area contributed by atoms with E-state index >= 15 is 0 Å². The fourth-order valence-corrected chi connectivity index (χ4v) is 1.29. The Hall–Kier alpha value is -1.20. The fraction of sp³-hybridized carbons (Fsp3) is 0.667. The summed E-state index contributed by atoms with van der Waals surface area (Å²) in [5.41, 5.74) is 0.528. The lowest BCUT2D eigenvalue weighted by molar-refractivity contribution is 0.108. The van der Waals surface area contributed by atoms with Crippen LogP contribution < -0.4 is 4.74 Å². The first-order valence-corrected chi connectivity index (χ1v) is 5.86. The summed E-state index contributed by atoms with van der Waals surface area (Å²) in [5, 5.41) is 9.23. The summed E-state index contributed by atoms with van der Waals surface area (Å²) in [6, 6.07) is 0. The molecule has 17 heavy (non-hydrogen) atoms. The molecule has 0 fully saturated rings. The van der Waals surface area contributed by atoms with Crippen LogP contribution in [-0.2, 0) is 11.3 Å². The van der Waals surface area contributed by atoms with E-state index < -0.39 is 0 Å². The number of ether oxygens (including phenoxy) is 2. The summed E-state index contributed by atoms with van der Waals surface area (Å²) in [4.78, 5) is 8.46. The molecule has 0 aliphatic rings. The molecule has 1 aromatic heterocycles. The average molecular weight is 240 g/mol. The molecule has 1 rings (SSSR count). The van der Waals surface area contributed by atoms with E-state index in [4.69, 9.17) is 9.47 Å². The summed E-state index contributed by atoms with van der Waals surface area (Å²) < 4.78 is 10.6. The number of rotatable bonds is 7. The lowest BCUT2D eigenvalue weighted by Gasteiger charge is -2.11. The van der Waals surface area contributed by atoms with Gasteiger partial charge in [-0.1, -0.05) is 13.8 Å². The van der Waals surface area contributed by atoms with Crippen LogP contribution in [0.4, 0.5) is 0 Å². The maximum Gasteiger partial charge on any atom is 0.161 e. The van der Waals surface area contributed by atoms with Crippen LogP contribution in [0.2, 0.25) is 0 Å². The average Bonchev–Trinajstić information content (AvgIpc) is 2.34. The van der Waals surface area contributed by atoms with Crippen molar-refractivity contribution in [2.75, 3.05) is 19.8 Å². The molecule has 0 amide bonds. The summed E-state index contributed by atoms with van der Waals surface area (Å²) >= 11 is 0. The Morgan fingerprint density at radius 1 is 1.35 bits per heavy atom. The first-order valence-electron chi connectivity index (χ1n) is 5.86. The van der Waals surface area contributed by atoms with Gasteiger partial charge in [-0.2, -0.15) is 0 Å². The van der Waals surface area contributed by atoms with E-state index in [-0.39, 0.29) is 12.5 Å². The predicted octanol–water partition coefficient (Wildman–Crippen LogP) is 1.51. The van der Waals surface area contributed by atoms with Crippen LogP contribution in [0.3, 0.4) is 0 Å². The van der Waals surface area contributed by atoms with E-state index in [0.717, 1.165) is 0 Å². The summed E-state index contributed by atoms with van der Waals surface area (Å²) in [6.07, 6.45) is 1.61. The van der Waals surface area contributed by atoms with E-state index in [0.29, 0.717) is 37.1 Å². The third-order valence-corrected chi connectivity index (χ3v) is 2.20. The lowest BCUT2D eigenvalue weighted by Crippen LogP contribution is -2.10. The molecule has 1 heterocycles. The number of aliphatic hydroxyl groups excluding tert-OH is 1. The van der Waals surface area contributed by atoms with Crippen LogP contribution in [-0.4, -0.2) is 34.9 Å². The van der Waals surface area contributed by atoms with Crippen LogP contribution >= 0.6 is 0 Å². The molecule has 0 aliphatic carbocycles. The van der Waals surface area contributed by atoms with Crippen LogP contribution in [0, 0.1) is 0 Å². The second-order valence-electron chi connectivity index (χ2n) is 3.90. The molecule has 0 radical (unpaired) electrons. The van der Waals surface area contributed by atoms with Crippen molar-refractivity contribution in [3.05, 3.63) is 17.7 Å². The molecule has 1 N–H and O–H groups in total. The molecule has 96 valence electrons. The lowest BCUT2D eigenvalue weighted by atomic mass is 10.2. The Kier molecular flexibility index (Phi) is 5.86. The van der Waals surface area contributed by atoms with Gasteiger partial charge in [-0.3, -0.25) is 0 Å². The van der Waals surface area contributed by atoms with E-state index in [1.807, 2.05) is 20.8 Å². The van der Waals surface area contributed by atoms with Crippen molar-refractivity contribution in [1.82, 2.24) is 9.97 Å². The van der Waals surface area contributed by atoms with Crippen molar-refractivity contribution < 1.29 is 14.6 Å². The maximum atomic E-state index is 9.23. The zero-order chi connectivity index (χ0) is 12.7. The molecule has 0 aromatic carbocycles. The highest BCUT2D eigenvalue weighted by molar-refractivity contribution is 5.24. The first kappa shape index (κ1) is 13.9. The smallest absolute Gasteiger partial charge is 0.161 e. The minimum absolute atomic E-state index is 0.147. The zero-order valence-electron chi connectivity index (χ0n) is 10.6. The largest absolute Gasteiger partial charge is 0.488 e. The second-order valence-corrected chi connectivity index (χ2v) is 3.90. The Morgan fingerprint density at radius 2 is 2.12 bits per heavy atom. The Bertz CT molecular complexity index is 343. The SMILES string of the molecule is CCOCCOc1cnc(C(C)C)nc1CO. The van der Waals surface area contributed by atoms with Gasteiger partial charge in [0.1, 0.15) is 18.1 Å². The third kappa shape index (κ3) is 4.28. The van der Waals surface area contributed by atoms with E-state index in [9.17, 15) is 5.11 Å². The van der Waals surface area contributed by atoms with Gasteiger partial charge in [0.05, 0.1) is 19.4 Å². The number of nitrogens with zero attached hydrogens (tertiary/aromatic N) is 2. The molecule has 5 nitrogen and oxygen atoms in total. The van der Waals surface area contributed by atoms with Crippen molar-refractivity contribution in [2.24, 2.45) is 0 Å². The summed E-state index contributed by atoms with van der Waals surface area (Å²) in [5.74, 6) is 1.47. The number of hydrogen-bond acceptors (Lipinski definition) is 5. The molecule has 0 atom stereocenters. The molecule has 0 saturated carbocycles. The van der Waals surface area contributed by atoms with Crippen LogP contribution in [0.15, 0.2) is 6.20 Å². The standard InChI is InChI=1S/C12H20N2O3/c1-4-16-5-6-17-11-7-13-12(9(2)3)14-10(11)8-15/h7,9,15H,4-6,8H2,1-3H3. The molecule has 0 aliphatic heterocycles.